The number of phenolic OH excluding ortho intramolecular Hbond substituents is 2. The Kier molecular flexibility index (Phi) is 1.95. The third kappa shape index (κ3) is 1.32. The maximum atomic E-state index is 12.2. The third-order valence-electron chi connectivity index (χ3n) is 3.09. The van der Waals surface area contributed by atoms with Crippen molar-refractivity contribution in [1.29, 1.82) is 0 Å². The van der Waals surface area contributed by atoms with Crippen LogP contribution in [0.5, 0.6) is 11.5 Å². The van der Waals surface area contributed by atoms with E-state index in [1.54, 1.807) is 12.1 Å². The molecule has 1 aliphatic rings. The number of fused-ring (bicyclic) bond motifs is 2. The molecule has 0 radical (unpaired) electrons. The van der Waals surface area contributed by atoms with Gasteiger partial charge in [0, 0.05) is 0 Å². The van der Waals surface area contributed by atoms with Crippen LogP contribution >= 0.6 is 0 Å². The first-order chi connectivity index (χ1) is 8.18. The molecule has 3 heteroatoms. The zero-order valence-corrected chi connectivity index (χ0v) is 8.97. The molecular weight excluding hydrogens is 218 g/mol. The van der Waals surface area contributed by atoms with Gasteiger partial charge in [0.15, 0.2) is 0 Å². The largest absolute Gasteiger partial charge is 0.507 e. The summed E-state index contributed by atoms with van der Waals surface area (Å²) in [5.41, 5.74) is 2.21. The van der Waals surface area contributed by atoms with Gasteiger partial charge in [-0.1, -0.05) is 24.3 Å². The second kappa shape index (κ2) is 3.35. The number of carbonyl (C=O) groups is 1. The Morgan fingerprint density at radius 2 is 1.29 bits per heavy atom. The average molecular weight is 228 g/mol. The zero-order valence-electron chi connectivity index (χ0n) is 8.97. The van der Waals surface area contributed by atoms with E-state index in [1.165, 1.54) is 12.1 Å². The lowest BCUT2D eigenvalue weighted by Crippen LogP contribution is -2.15. The van der Waals surface area contributed by atoms with Crippen molar-refractivity contribution in [3.05, 3.63) is 58.7 Å². The number of phenols is 2. The van der Waals surface area contributed by atoms with Gasteiger partial charge in [-0.15, -0.1) is 0 Å². The molecule has 0 bridgehead atoms. The summed E-state index contributed by atoms with van der Waals surface area (Å²) in [6.45, 7) is 0. The summed E-state index contributed by atoms with van der Waals surface area (Å²) in [6.07, 6.45) is 0.555. The smallest absolute Gasteiger partial charge is 0.201 e. The number of hydrogen-bond donors (Lipinski definition) is 2. The van der Waals surface area contributed by atoms with Crippen molar-refractivity contribution in [2.45, 2.75) is 6.42 Å². The predicted octanol–water partition coefficient (Wildman–Crippen LogP) is 2.23. The highest BCUT2D eigenvalue weighted by Gasteiger charge is 2.27. The Morgan fingerprint density at radius 1 is 0.824 bits per heavy atom. The van der Waals surface area contributed by atoms with Crippen LogP contribution in [0.2, 0.25) is 0 Å². The Hall–Kier alpha value is -2.29. The third-order valence-corrected chi connectivity index (χ3v) is 3.09. The highest BCUT2D eigenvalue weighted by Crippen LogP contribution is 2.35. The van der Waals surface area contributed by atoms with Crippen molar-refractivity contribution in [2.24, 2.45) is 0 Å². The summed E-state index contributed by atoms with van der Waals surface area (Å²) in [7, 11) is 0. The molecule has 0 amide bonds. The second-order valence-corrected chi connectivity index (χ2v) is 4.13. The number of hydrogen-bond acceptors (Lipinski definition) is 3. The van der Waals surface area contributed by atoms with Crippen molar-refractivity contribution in [1.82, 2.24) is 0 Å². The molecule has 0 heterocycles. The van der Waals surface area contributed by atoms with Crippen LogP contribution in [0.1, 0.15) is 27.0 Å². The van der Waals surface area contributed by atoms with Crippen molar-refractivity contribution in [2.75, 3.05) is 0 Å². The Bertz CT molecular complexity index is 576. The highest BCUT2D eigenvalue weighted by atomic mass is 16.3. The van der Waals surface area contributed by atoms with Gasteiger partial charge in [-0.05, 0) is 29.7 Å². The fourth-order valence-corrected chi connectivity index (χ4v) is 2.32. The van der Waals surface area contributed by atoms with Crippen LogP contribution in [0, 0.1) is 0 Å². The molecule has 0 fully saturated rings. The van der Waals surface area contributed by atoms with E-state index < -0.39 is 0 Å². The van der Waals surface area contributed by atoms with Crippen LogP contribution in [0.15, 0.2) is 36.4 Å². The van der Waals surface area contributed by atoms with E-state index in [0.29, 0.717) is 17.5 Å². The molecule has 1 aliphatic carbocycles. The second-order valence-electron chi connectivity index (χ2n) is 4.13. The topological polar surface area (TPSA) is 57.5 Å². The maximum absolute atomic E-state index is 12.2. The lowest BCUT2D eigenvalue weighted by atomic mass is 9.94. The summed E-state index contributed by atoms with van der Waals surface area (Å²) >= 11 is 0. The molecule has 0 spiro atoms. The van der Waals surface area contributed by atoms with Gasteiger partial charge in [-0.2, -0.15) is 0 Å². The van der Waals surface area contributed by atoms with E-state index in [-0.39, 0.29) is 17.3 Å². The SMILES string of the molecule is O=C1c2c(O)cccc2[14CH2]c2cccc(O)c21. The first kappa shape index (κ1) is 9.90. The molecule has 2 N–H and O–H groups in total. The zero-order chi connectivity index (χ0) is 12.0. The lowest BCUT2D eigenvalue weighted by molar-refractivity contribution is 0.103. The van der Waals surface area contributed by atoms with Gasteiger partial charge < -0.3 is 10.2 Å². The summed E-state index contributed by atoms with van der Waals surface area (Å²) in [5.74, 6) is -0.361. The number of carbonyl (C=O) groups excluding carboxylic acids is 1. The molecule has 0 atom stereocenters. The van der Waals surface area contributed by atoms with E-state index >= 15 is 0 Å². The van der Waals surface area contributed by atoms with Crippen LogP contribution < -0.4 is 0 Å². The Labute approximate surface area is 98.0 Å². The fourth-order valence-electron chi connectivity index (χ4n) is 2.32. The van der Waals surface area contributed by atoms with Gasteiger partial charge >= 0.3 is 0 Å². The quantitative estimate of drug-likeness (QED) is 0.620. The normalized spacial score (nSPS) is 13.1. The summed E-state index contributed by atoms with van der Waals surface area (Å²) in [4.78, 5) is 12.2. The van der Waals surface area contributed by atoms with Crippen LogP contribution in [-0.4, -0.2) is 16.0 Å². The molecule has 0 unspecified atom stereocenters. The maximum Gasteiger partial charge on any atom is 0.201 e. The molecule has 0 aliphatic heterocycles. The van der Waals surface area contributed by atoms with Crippen molar-refractivity contribution in [3.8, 4) is 11.5 Å². The van der Waals surface area contributed by atoms with Gasteiger partial charge in [0.05, 0.1) is 11.1 Å². The van der Waals surface area contributed by atoms with Gasteiger partial charge in [-0.25, -0.2) is 0 Å². The van der Waals surface area contributed by atoms with E-state index in [9.17, 15) is 15.0 Å². The van der Waals surface area contributed by atoms with E-state index in [4.69, 9.17) is 0 Å². The Balaban J connectivity index is 2.30. The number of ketones is 1. The molecular formula is C14H10O3. The van der Waals surface area contributed by atoms with E-state index in [0.717, 1.165) is 11.1 Å². The molecule has 3 nitrogen and oxygen atoms in total. The highest BCUT2D eigenvalue weighted by molar-refractivity contribution is 6.15. The van der Waals surface area contributed by atoms with Crippen LogP contribution in [0.4, 0.5) is 0 Å². The standard InChI is InChI=1S/C14H10O3/c15-10-5-1-3-8-7-9-4-2-6-11(16)13(9)14(17)12(8)10/h1-6,15-16H,7H2/i7+2. The first-order valence-electron chi connectivity index (χ1n) is 5.35. The minimum absolute atomic E-state index is 0.0265. The molecule has 0 saturated carbocycles. The fraction of sp³-hybridized carbons (Fsp3) is 0.0714. The van der Waals surface area contributed by atoms with Crippen molar-refractivity contribution in [3.63, 3.8) is 0 Å². The summed E-state index contributed by atoms with van der Waals surface area (Å²) in [6, 6.07) is 10.0. The first-order valence-corrected chi connectivity index (χ1v) is 5.35. The van der Waals surface area contributed by atoms with Crippen molar-refractivity contribution >= 4 is 5.78 Å². The number of aromatic hydroxyl groups is 2. The summed E-state index contributed by atoms with van der Waals surface area (Å²) in [5, 5.41) is 19.5. The van der Waals surface area contributed by atoms with Gasteiger partial charge in [0.2, 0.25) is 5.78 Å². The van der Waals surface area contributed by atoms with Crippen molar-refractivity contribution < 1.29 is 15.0 Å². The monoisotopic (exact) mass is 228 g/mol. The van der Waals surface area contributed by atoms with Gasteiger partial charge in [0.25, 0.3) is 0 Å². The van der Waals surface area contributed by atoms with Crippen LogP contribution in [0.3, 0.4) is 0 Å². The molecule has 3 rings (SSSR count). The number of rotatable bonds is 0. The minimum Gasteiger partial charge on any atom is -0.507 e. The predicted molar refractivity (Wildman–Crippen MR) is 62.5 cm³/mol. The summed E-state index contributed by atoms with van der Waals surface area (Å²) < 4.78 is 0. The lowest BCUT2D eigenvalue weighted by Gasteiger charge is -2.19. The van der Waals surface area contributed by atoms with Gasteiger partial charge in [-0.3, -0.25) is 4.79 Å². The molecule has 0 aromatic heterocycles. The van der Waals surface area contributed by atoms with E-state index in [2.05, 4.69) is 0 Å². The van der Waals surface area contributed by atoms with E-state index in [1.807, 2.05) is 12.1 Å². The molecule has 0 saturated heterocycles. The molecule has 84 valence electrons. The molecule has 17 heavy (non-hydrogen) atoms. The van der Waals surface area contributed by atoms with Gasteiger partial charge in [0.1, 0.15) is 11.5 Å². The minimum atomic E-state index is -0.308. The Morgan fingerprint density at radius 3 is 1.76 bits per heavy atom. The molecule has 2 aromatic carbocycles. The van der Waals surface area contributed by atoms with Crippen LogP contribution in [0.25, 0.3) is 0 Å². The number of benzene rings is 2. The molecule has 2 aromatic rings. The average Bonchev–Trinajstić information content (AvgIpc) is 2.28. The van der Waals surface area contributed by atoms with Crippen LogP contribution in [-0.2, 0) is 6.42 Å².